The highest BCUT2D eigenvalue weighted by molar-refractivity contribution is 8.26. The Kier molecular flexibility index (Phi) is 4.56. The van der Waals surface area contributed by atoms with Crippen molar-refractivity contribution in [3.63, 3.8) is 0 Å². The number of nitrogens with zero attached hydrogens (tertiary/aromatic N) is 1. The first-order chi connectivity index (χ1) is 10.9. The van der Waals surface area contributed by atoms with Gasteiger partial charge in [0.1, 0.15) is 4.32 Å². The van der Waals surface area contributed by atoms with Crippen molar-refractivity contribution in [2.45, 2.75) is 13.8 Å². The maximum absolute atomic E-state index is 11.8. The molecule has 1 N–H and O–H groups in total. The molecule has 2 heterocycles. The summed E-state index contributed by atoms with van der Waals surface area (Å²) >= 11 is 18.7. The van der Waals surface area contributed by atoms with Crippen molar-refractivity contribution >= 4 is 63.5 Å². The van der Waals surface area contributed by atoms with Gasteiger partial charge in [-0.15, -0.1) is 0 Å². The highest BCUT2D eigenvalue weighted by Gasteiger charge is 2.23. The third kappa shape index (κ3) is 3.06. The van der Waals surface area contributed by atoms with Gasteiger partial charge in [-0.3, -0.25) is 4.79 Å². The van der Waals surface area contributed by atoms with Crippen LogP contribution in [0.1, 0.15) is 17.0 Å². The number of thiocarbonyl (C=S) groups is 1. The largest absolute Gasteiger partial charge is 0.316 e. The average Bonchev–Trinajstić information content (AvgIpc) is 2.94. The molecule has 0 radical (unpaired) electrons. The standard InChI is InChI=1S/C16H12Cl2N2OS2/c1-8-6-10(7-13-15(21)19-16(22)23-13)9(2)20(8)12-5-3-4-11(17)14(12)18/h3-7H,1-2H3,(H,19,21,22). The van der Waals surface area contributed by atoms with Crippen LogP contribution in [0.3, 0.4) is 0 Å². The number of aromatic nitrogens is 1. The summed E-state index contributed by atoms with van der Waals surface area (Å²) in [5.74, 6) is -0.161. The Morgan fingerprint density at radius 2 is 2.04 bits per heavy atom. The lowest BCUT2D eigenvalue weighted by Crippen LogP contribution is -2.17. The third-order valence-corrected chi connectivity index (χ3v) is 5.54. The predicted octanol–water partition coefficient (Wildman–Crippen LogP) is 4.89. The number of carbonyl (C=O) groups excluding carboxylic acids is 1. The van der Waals surface area contributed by atoms with Gasteiger partial charge in [-0.2, -0.15) is 0 Å². The molecule has 1 aliphatic rings. The molecular formula is C16H12Cl2N2OS2. The molecule has 1 aliphatic heterocycles. The van der Waals surface area contributed by atoms with Crippen molar-refractivity contribution in [2.75, 3.05) is 0 Å². The number of hydrogen-bond acceptors (Lipinski definition) is 3. The second-order valence-electron chi connectivity index (χ2n) is 5.09. The number of nitrogens with one attached hydrogen (secondary N) is 1. The Balaban J connectivity index is 2.11. The van der Waals surface area contributed by atoms with E-state index in [0.717, 1.165) is 22.6 Å². The number of halogens is 2. The highest BCUT2D eigenvalue weighted by Crippen LogP contribution is 2.33. The van der Waals surface area contributed by atoms with Crippen molar-refractivity contribution in [3.05, 3.63) is 56.2 Å². The molecule has 1 amide bonds. The molecule has 1 fully saturated rings. The van der Waals surface area contributed by atoms with Gasteiger partial charge in [0.25, 0.3) is 5.91 Å². The second-order valence-corrected chi connectivity index (χ2v) is 7.59. The van der Waals surface area contributed by atoms with Crippen molar-refractivity contribution < 1.29 is 4.79 Å². The number of rotatable bonds is 2. The third-order valence-electron chi connectivity index (χ3n) is 3.57. The van der Waals surface area contributed by atoms with Gasteiger partial charge in [0, 0.05) is 11.4 Å². The Bertz CT molecular complexity index is 871. The van der Waals surface area contributed by atoms with Crippen LogP contribution in [-0.2, 0) is 4.79 Å². The Morgan fingerprint density at radius 1 is 1.30 bits per heavy atom. The minimum Gasteiger partial charge on any atom is -0.316 e. The van der Waals surface area contributed by atoms with Gasteiger partial charge in [-0.05, 0) is 43.7 Å². The minimum absolute atomic E-state index is 0.161. The summed E-state index contributed by atoms with van der Waals surface area (Å²) in [5.41, 5.74) is 3.74. The predicted molar refractivity (Wildman–Crippen MR) is 102 cm³/mol. The molecule has 118 valence electrons. The van der Waals surface area contributed by atoms with E-state index in [1.54, 1.807) is 6.07 Å². The molecule has 1 saturated heterocycles. The van der Waals surface area contributed by atoms with E-state index in [2.05, 4.69) is 5.32 Å². The Labute approximate surface area is 153 Å². The molecular weight excluding hydrogens is 371 g/mol. The van der Waals surface area contributed by atoms with Gasteiger partial charge in [0.05, 0.1) is 20.6 Å². The Morgan fingerprint density at radius 3 is 2.70 bits per heavy atom. The van der Waals surface area contributed by atoms with Crippen molar-refractivity contribution in [1.29, 1.82) is 0 Å². The van der Waals surface area contributed by atoms with Gasteiger partial charge < -0.3 is 9.88 Å². The smallest absolute Gasteiger partial charge is 0.263 e. The monoisotopic (exact) mass is 382 g/mol. The van der Waals surface area contributed by atoms with Crippen molar-refractivity contribution in [2.24, 2.45) is 0 Å². The van der Waals surface area contributed by atoms with E-state index >= 15 is 0 Å². The first-order valence-corrected chi connectivity index (χ1v) is 8.74. The molecule has 3 nitrogen and oxygen atoms in total. The summed E-state index contributed by atoms with van der Waals surface area (Å²) in [6, 6.07) is 7.54. The lowest BCUT2D eigenvalue weighted by Gasteiger charge is -2.12. The second kappa shape index (κ2) is 6.32. The number of aryl methyl sites for hydroxylation is 1. The molecule has 0 spiro atoms. The van der Waals surface area contributed by atoms with Crippen LogP contribution < -0.4 is 5.32 Å². The van der Waals surface area contributed by atoms with E-state index in [0.29, 0.717) is 19.3 Å². The van der Waals surface area contributed by atoms with Crippen molar-refractivity contribution in [1.82, 2.24) is 9.88 Å². The van der Waals surface area contributed by atoms with Crippen LogP contribution in [0, 0.1) is 13.8 Å². The molecule has 0 unspecified atom stereocenters. The van der Waals surface area contributed by atoms with Gasteiger partial charge in [-0.25, -0.2) is 0 Å². The van der Waals surface area contributed by atoms with Crippen LogP contribution in [0.4, 0.5) is 0 Å². The maximum Gasteiger partial charge on any atom is 0.263 e. The van der Waals surface area contributed by atoms with Gasteiger partial charge in [0.2, 0.25) is 0 Å². The first kappa shape index (κ1) is 16.6. The van der Waals surface area contributed by atoms with E-state index < -0.39 is 0 Å². The van der Waals surface area contributed by atoms with Crippen LogP contribution in [0.5, 0.6) is 0 Å². The molecule has 1 aromatic heterocycles. The zero-order valence-corrected chi connectivity index (χ0v) is 15.5. The number of amides is 1. The first-order valence-electron chi connectivity index (χ1n) is 6.76. The topological polar surface area (TPSA) is 34.0 Å². The molecule has 3 rings (SSSR count). The SMILES string of the molecule is Cc1cc(C=C2SC(=S)NC2=O)c(C)n1-c1cccc(Cl)c1Cl. The van der Waals surface area contributed by atoms with Crippen LogP contribution >= 0.6 is 47.2 Å². The lowest BCUT2D eigenvalue weighted by molar-refractivity contribution is -0.115. The van der Waals surface area contributed by atoms with Crippen molar-refractivity contribution in [3.8, 4) is 5.69 Å². The van der Waals surface area contributed by atoms with E-state index in [-0.39, 0.29) is 5.91 Å². The van der Waals surface area contributed by atoms with E-state index in [1.165, 1.54) is 11.8 Å². The molecule has 0 aliphatic carbocycles. The minimum atomic E-state index is -0.161. The molecule has 23 heavy (non-hydrogen) atoms. The molecule has 1 aromatic carbocycles. The average molecular weight is 383 g/mol. The van der Waals surface area contributed by atoms with Crippen LogP contribution in [0.15, 0.2) is 29.2 Å². The number of thioether (sulfide) groups is 1. The van der Waals surface area contributed by atoms with E-state index in [4.69, 9.17) is 35.4 Å². The molecule has 7 heteroatoms. The van der Waals surface area contributed by atoms with Crippen LogP contribution in [0.25, 0.3) is 11.8 Å². The maximum atomic E-state index is 11.8. The Hall–Kier alpha value is -1.27. The number of hydrogen-bond donors (Lipinski definition) is 1. The van der Waals surface area contributed by atoms with Crippen LogP contribution in [0.2, 0.25) is 10.0 Å². The van der Waals surface area contributed by atoms with E-state index in [1.807, 2.05) is 42.7 Å². The zero-order valence-electron chi connectivity index (χ0n) is 12.3. The summed E-state index contributed by atoms with van der Waals surface area (Å²) in [6.07, 6.45) is 1.84. The fraction of sp³-hybridized carbons (Fsp3) is 0.125. The lowest BCUT2D eigenvalue weighted by atomic mass is 10.2. The summed E-state index contributed by atoms with van der Waals surface area (Å²) in [4.78, 5) is 12.4. The summed E-state index contributed by atoms with van der Waals surface area (Å²) in [7, 11) is 0. The van der Waals surface area contributed by atoms with Gasteiger partial charge in [0.15, 0.2) is 0 Å². The quantitative estimate of drug-likeness (QED) is 0.592. The zero-order chi connectivity index (χ0) is 16.7. The van der Waals surface area contributed by atoms with Gasteiger partial charge in [-0.1, -0.05) is 53.2 Å². The fourth-order valence-corrected chi connectivity index (χ4v) is 3.95. The number of benzene rings is 1. The number of carbonyl (C=O) groups is 1. The van der Waals surface area contributed by atoms with Gasteiger partial charge >= 0.3 is 0 Å². The molecule has 0 saturated carbocycles. The molecule has 0 bridgehead atoms. The summed E-state index contributed by atoms with van der Waals surface area (Å²) < 4.78 is 2.50. The highest BCUT2D eigenvalue weighted by atomic mass is 35.5. The summed E-state index contributed by atoms with van der Waals surface area (Å²) in [6.45, 7) is 3.96. The molecule has 2 aromatic rings. The molecule has 0 atom stereocenters. The fourth-order valence-electron chi connectivity index (χ4n) is 2.53. The normalized spacial score (nSPS) is 16.3. The van der Waals surface area contributed by atoms with E-state index in [9.17, 15) is 4.79 Å². The summed E-state index contributed by atoms with van der Waals surface area (Å²) in [5, 5.41) is 3.63. The van der Waals surface area contributed by atoms with Crippen LogP contribution in [-0.4, -0.2) is 14.8 Å².